The van der Waals surface area contributed by atoms with E-state index in [4.69, 9.17) is 5.73 Å². The summed E-state index contributed by atoms with van der Waals surface area (Å²) >= 11 is 0. The standard InChI is InChI=1S/C11H19N3/c1-2-10(12)11-7-13-8-14(11)6-5-9-3-4-9/h7-10H,2-6,12H2,1H3/t10-/m1/s1. The predicted molar refractivity (Wildman–Crippen MR) is 56.8 cm³/mol. The van der Waals surface area contributed by atoms with E-state index in [-0.39, 0.29) is 6.04 Å². The third kappa shape index (κ3) is 2.15. The third-order valence-electron chi connectivity index (χ3n) is 3.04. The lowest BCUT2D eigenvalue weighted by molar-refractivity contribution is 0.545. The van der Waals surface area contributed by atoms with Crippen LogP contribution in [0.3, 0.4) is 0 Å². The van der Waals surface area contributed by atoms with Gasteiger partial charge in [-0.2, -0.15) is 0 Å². The van der Waals surface area contributed by atoms with Gasteiger partial charge in [0.05, 0.1) is 12.0 Å². The second-order valence-electron chi connectivity index (χ2n) is 4.26. The molecule has 0 saturated heterocycles. The van der Waals surface area contributed by atoms with Crippen molar-refractivity contribution in [3.63, 3.8) is 0 Å². The lowest BCUT2D eigenvalue weighted by atomic mass is 10.2. The molecule has 0 spiro atoms. The highest BCUT2D eigenvalue weighted by Gasteiger charge is 2.21. The van der Waals surface area contributed by atoms with Crippen molar-refractivity contribution in [2.75, 3.05) is 0 Å². The Bertz CT molecular complexity index is 288. The van der Waals surface area contributed by atoms with Gasteiger partial charge in [-0.1, -0.05) is 19.8 Å². The first kappa shape index (κ1) is 9.71. The van der Waals surface area contributed by atoms with Gasteiger partial charge in [0.1, 0.15) is 0 Å². The monoisotopic (exact) mass is 193 g/mol. The van der Waals surface area contributed by atoms with Gasteiger partial charge in [-0.05, 0) is 18.8 Å². The summed E-state index contributed by atoms with van der Waals surface area (Å²) in [6.45, 7) is 3.20. The number of aryl methyl sites for hydroxylation is 1. The van der Waals surface area contributed by atoms with Crippen LogP contribution in [0.1, 0.15) is 44.3 Å². The van der Waals surface area contributed by atoms with Crippen molar-refractivity contribution in [2.45, 2.75) is 45.2 Å². The average Bonchev–Trinajstić information content (AvgIpc) is 2.92. The Morgan fingerprint density at radius 1 is 1.64 bits per heavy atom. The molecular weight excluding hydrogens is 174 g/mol. The summed E-state index contributed by atoms with van der Waals surface area (Å²) in [5.74, 6) is 0.975. The summed E-state index contributed by atoms with van der Waals surface area (Å²) < 4.78 is 2.21. The molecule has 3 heteroatoms. The molecule has 0 aliphatic heterocycles. The van der Waals surface area contributed by atoms with Gasteiger partial charge < -0.3 is 10.3 Å². The molecule has 0 radical (unpaired) electrons. The molecule has 0 bridgehead atoms. The first-order chi connectivity index (χ1) is 6.81. The minimum atomic E-state index is 0.150. The van der Waals surface area contributed by atoms with E-state index in [2.05, 4.69) is 16.5 Å². The smallest absolute Gasteiger partial charge is 0.0948 e. The number of nitrogens with zero attached hydrogens (tertiary/aromatic N) is 2. The SMILES string of the molecule is CC[C@@H](N)c1cncn1CCC1CC1. The molecule has 14 heavy (non-hydrogen) atoms. The maximum Gasteiger partial charge on any atom is 0.0948 e. The lowest BCUT2D eigenvalue weighted by Gasteiger charge is -2.12. The highest BCUT2D eigenvalue weighted by Crippen LogP contribution is 2.33. The summed E-state index contributed by atoms with van der Waals surface area (Å²) in [6.07, 6.45) is 8.93. The van der Waals surface area contributed by atoms with E-state index in [0.717, 1.165) is 18.9 Å². The number of hydrogen-bond donors (Lipinski definition) is 1. The van der Waals surface area contributed by atoms with Crippen LogP contribution in [0, 0.1) is 5.92 Å². The van der Waals surface area contributed by atoms with E-state index in [1.54, 1.807) is 0 Å². The second-order valence-corrected chi connectivity index (χ2v) is 4.26. The molecule has 0 unspecified atom stereocenters. The predicted octanol–water partition coefficient (Wildman–Crippen LogP) is 2.09. The molecule has 3 nitrogen and oxygen atoms in total. The highest BCUT2D eigenvalue weighted by atomic mass is 15.1. The van der Waals surface area contributed by atoms with Gasteiger partial charge in [0.2, 0.25) is 0 Å². The van der Waals surface area contributed by atoms with E-state index in [0.29, 0.717) is 0 Å². The molecule has 1 aromatic heterocycles. The summed E-state index contributed by atoms with van der Waals surface area (Å²) in [4.78, 5) is 4.17. The molecule has 1 saturated carbocycles. The van der Waals surface area contributed by atoms with Crippen LogP contribution >= 0.6 is 0 Å². The van der Waals surface area contributed by atoms with Gasteiger partial charge in [0, 0.05) is 18.8 Å². The third-order valence-corrected chi connectivity index (χ3v) is 3.04. The first-order valence-corrected chi connectivity index (χ1v) is 5.57. The quantitative estimate of drug-likeness (QED) is 0.778. The van der Waals surface area contributed by atoms with Crippen molar-refractivity contribution in [3.05, 3.63) is 18.2 Å². The van der Waals surface area contributed by atoms with Crippen LogP contribution in [-0.2, 0) is 6.54 Å². The van der Waals surface area contributed by atoms with E-state index in [1.807, 2.05) is 12.5 Å². The highest BCUT2D eigenvalue weighted by molar-refractivity contribution is 5.04. The maximum atomic E-state index is 6.00. The van der Waals surface area contributed by atoms with Crippen molar-refractivity contribution in [1.29, 1.82) is 0 Å². The lowest BCUT2D eigenvalue weighted by Crippen LogP contribution is -2.14. The van der Waals surface area contributed by atoms with Crippen LogP contribution in [0.25, 0.3) is 0 Å². The van der Waals surface area contributed by atoms with Crippen LogP contribution in [-0.4, -0.2) is 9.55 Å². The van der Waals surface area contributed by atoms with Crippen LogP contribution in [0.15, 0.2) is 12.5 Å². The van der Waals surface area contributed by atoms with E-state index >= 15 is 0 Å². The molecular formula is C11H19N3. The Kier molecular flexibility index (Phi) is 2.87. The fraction of sp³-hybridized carbons (Fsp3) is 0.727. The Labute approximate surface area is 85.3 Å². The number of imidazole rings is 1. The van der Waals surface area contributed by atoms with Crippen LogP contribution < -0.4 is 5.73 Å². The Balaban J connectivity index is 1.96. The second kappa shape index (κ2) is 4.13. The minimum absolute atomic E-state index is 0.150. The molecule has 78 valence electrons. The average molecular weight is 193 g/mol. The molecule has 1 heterocycles. The van der Waals surface area contributed by atoms with E-state index in [9.17, 15) is 0 Å². The molecule has 1 atom stereocenters. The molecule has 2 N–H and O–H groups in total. The summed E-state index contributed by atoms with van der Waals surface area (Å²) in [5, 5.41) is 0. The van der Waals surface area contributed by atoms with Crippen molar-refractivity contribution in [2.24, 2.45) is 11.7 Å². The van der Waals surface area contributed by atoms with Gasteiger partial charge in [-0.25, -0.2) is 4.98 Å². The zero-order chi connectivity index (χ0) is 9.97. The number of rotatable bonds is 5. The minimum Gasteiger partial charge on any atom is -0.333 e. The van der Waals surface area contributed by atoms with Gasteiger partial charge >= 0.3 is 0 Å². The Morgan fingerprint density at radius 3 is 3.07 bits per heavy atom. The Hall–Kier alpha value is -0.830. The van der Waals surface area contributed by atoms with Crippen LogP contribution in [0.4, 0.5) is 0 Å². The van der Waals surface area contributed by atoms with E-state index < -0.39 is 0 Å². The normalized spacial score (nSPS) is 18.4. The fourth-order valence-electron chi connectivity index (χ4n) is 1.76. The van der Waals surface area contributed by atoms with Crippen LogP contribution in [0.5, 0.6) is 0 Å². The molecule has 0 amide bonds. The van der Waals surface area contributed by atoms with Crippen molar-refractivity contribution >= 4 is 0 Å². The van der Waals surface area contributed by atoms with Gasteiger partial charge in [-0.15, -0.1) is 0 Å². The van der Waals surface area contributed by atoms with Crippen molar-refractivity contribution < 1.29 is 0 Å². The molecule has 0 aromatic carbocycles. The van der Waals surface area contributed by atoms with E-state index in [1.165, 1.54) is 25.0 Å². The summed E-state index contributed by atoms with van der Waals surface area (Å²) in [5.41, 5.74) is 7.19. The topological polar surface area (TPSA) is 43.8 Å². The zero-order valence-corrected chi connectivity index (χ0v) is 8.82. The van der Waals surface area contributed by atoms with Crippen molar-refractivity contribution in [3.8, 4) is 0 Å². The molecule has 1 aliphatic carbocycles. The fourth-order valence-corrected chi connectivity index (χ4v) is 1.76. The maximum absolute atomic E-state index is 6.00. The Morgan fingerprint density at radius 2 is 2.43 bits per heavy atom. The van der Waals surface area contributed by atoms with Gasteiger partial charge in [0.15, 0.2) is 0 Å². The van der Waals surface area contributed by atoms with Gasteiger partial charge in [0.25, 0.3) is 0 Å². The summed E-state index contributed by atoms with van der Waals surface area (Å²) in [6, 6.07) is 0.150. The molecule has 1 aromatic rings. The number of hydrogen-bond acceptors (Lipinski definition) is 2. The van der Waals surface area contributed by atoms with Crippen LogP contribution in [0.2, 0.25) is 0 Å². The molecule has 2 rings (SSSR count). The summed E-state index contributed by atoms with van der Waals surface area (Å²) in [7, 11) is 0. The number of nitrogens with two attached hydrogens (primary N) is 1. The van der Waals surface area contributed by atoms with Gasteiger partial charge in [-0.3, -0.25) is 0 Å². The molecule has 1 aliphatic rings. The first-order valence-electron chi connectivity index (χ1n) is 5.57. The number of aromatic nitrogens is 2. The zero-order valence-electron chi connectivity index (χ0n) is 8.82. The van der Waals surface area contributed by atoms with Crippen molar-refractivity contribution in [1.82, 2.24) is 9.55 Å². The molecule has 1 fully saturated rings. The largest absolute Gasteiger partial charge is 0.333 e.